The van der Waals surface area contributed by atoms with Crippen molar-refractivity contribution in [3.63, 3.8) is 0 Å². The normalized spacial score (nSPS) is 12.4. The average molecular weight is 799 g/mol. The zero-order valence-electron chi connectivity index (χ0n) is 37.6. The van der Waals surface area contributed by atoms with Gasteiger partial charge in [0.1, 0.15) is 13.2 Å². The maximum atomic E-state index is 12.7. The SMILES string of the molecule is CC/C=C\C/C=C\C/C=C\CCCCCCCCC(=O)OCC(COC(=O)CCCCCCCCCCCC)OC(=O)CCCCC/C=C\CCCCCCCC. The Balaban J connectivity index is 4.39. The van der Waals surface area contributed by atoms with E-state index in [1.54, 1.807) is 0 Å². The van der Waals surface area contributed by atoms with Gasteiger partial charge in [0.25, 0.3) is 0 Å². The third-order valence-electron chi connectivity index (χ3n) is 10.3. The summed E-state index contributed by atoms with van der Waals surface area (Å²) in [5.41, 5.74) is 0. The van der Waals surface area contributed by atoms with Gasteiger partial charge in [-0.15, -0.1) is 0 Å². The van der Waals surface area contributed by atoms with Crippen LogP contribution in [0.1, 0.15) is 239 Å². The van der Waals surface area contributed by atoms with Crippen molar-refractivity contribution in [1.29, 1.82) is 0 Å². The number of rotatable bonds is 43. The molecule has 0 amide bonds. The largest absolute Gasteiger partial charge is 0.462 e. The minimum Gasteiger partial charge on any atom is -0.462 e. The first-order chi connectivity index (χ1) is 28.0. The monoisotopic (exact) mass is 799 g/mol. The van der Waals surface area contributed by atoms with E-state index in [-0.39, 0.29) is 31.1 Å². The number of esters is 3. The van der Waals surface area contributed by atoms with Gasteiger partial charge in [0.2, 0.25) is 0 Å². The Bertz CT molecular complexity index is 1010. The summed E-state index contributed by atoms with van der Waals surface area (Å²) in [6, 6.07) is 0. The molecule has 6 nitrogen and oxygen atoms in total. The second-order valence-electron chi connectivity index (χ2n) is 16.0. The summed E-state index contributed by atoms with van der Waals surface area (Å²) in [5.74, 6) is -0.910. The summed E-state index contributed by atoms with van der Waals surface area (Å²) in [7, 11) is 0. The van der Waals surface area contributed by atoms with Gasteiger partial charge in [-0.25, -0.2) is 0 Å². The highest BCUT2D eigenvalue weighted by Gasteiger charge is 2.19. The molecule has 330 valence electrons. The molecule has 0 aliphatic heterocycles. The minimum atomic E-state index is -0.781. The van der Waals surface area contributed by atoms with Crippen molar-refractivity contribution in [2.24, 2.45) is 0 Å². The number of carbonyl (C=O) groups excluding carboxylic acids is 3. The topological polar surface area (TPSA) is 78.9 Å². The lowest BCUT2D eigenvalue weighted by atomic mass is 10.1. The van der Waals surface area contributed by atoms with Crippen molar-refractivity contribution in [3.8, 4) is 0 Å². The maximum Gasteiger partial charge on any atom is 0.306 e. The van der Waals surface area contributed by atoms with Gasteiger partial charge >= 0.3 is 17.9 Å². The predicted molar refractivity (Wildman–Crippen MR) is 242 cm³/mol. The van der Waals surface area contributed by atoms with E-state index in [1.807, 2.05) is 0 Å². The van der Waals surface area contributed by atoms with E-state index in [0.29, 0.717) is 19.3 Å². The van der Waals surface area contributed by atoms with Crippen LogP contribution in [0.15, 0.2) is 48.6 Å². The van der Waals surface area contributed by atoms with E-state index in [0.717, 1.165) is 96.3 Å². The van der Waals surface area contributed by atoms with Crippen LogP contribution in [0.3, 0.4) is 0 Å². The Labute approximate surface area is 352 Å². The second kappa shape index (κ2) is 46.1. The molecular formula is C51H90O6. The highest BCUT2D eigenvalue weighted by molar-refractivity contribution is 5.71. The molecule has 0 saturated heterocycles. The lowest BCUT2D eigenvalue weighted by molar-refractivity contribution is -0.167. The second-order valence-corrected chi connectivity index (χ2v) is 16.0. The van der Waals surface area contributed by atoms with Crippen molar-refractivity contribution >= 4 is 17.9 Å². The molecule has 57 heavy (non-hydrogen) atoms. The zero-order chi connectivity index (χ0) is 41.5. The highest BCUT2D eigenvalue weighted by Crippen LogP contribution is 2.14. The molecule has 1 atom stereocenters. The fourth-order valence-electron chi connectivity index (χ4n) is 6.69. The smallest absolute Gasteiger partial charge is 0.306 e. The molecular weight excluding hydrogens is 709 g/mol. The molecule has 0 aliphatic rings. The summed E-state index contributed by atoms with van der Waals surface area (Å²) >= 11 is 0. The van der Waals surface area contributed by atoms with Crippen molar-refractivity contribution in [2.45, 2.75) is 245 Å². The van der Waals surface area contributed by atoms with E-state index in [2.05, 4.69) is 69.4 Å². The Morgan fingerprint density at radius 1 is 0.368 bits per heavy atom. The third kappa shape index (κ3) is 44.3. The van der Waals surface area contributed by atoms with Crippen molar-refractivity contribution in [3.05, 3.63) is 48.6 Å². The molecule has 6 heteroatoms. The van der Waals surface area contributed by atoms with Crippen LogP contribution >= 0.6 is 0 Å². The zero-order valence-corrected chi connectivity index (χ0v) is 37.6. The number of ether oxygens (including phenoxy) is 3. The van der Waals surface area contributed by atoms with Crippen LogP contribution < -0.4 is 0 Å². The lowest BCUT2D eigenvalue weighted by Crippen LogP contribution is -2.30. The Hall–Kier alpha value is -2.63. The number of carbonyl (C=O) groups is 3. The van der Waals surface area contributed by atoms with Gasteiger partial charge in [-0.05, 0) is 77.0 Å². The van der Waals surface area contributed by atoms with Crippen LogP contribution in [0.4, 0.5) is 0 Å². The molecule has 0 bridgehead atoms. The summed E-state index contributed by atoms with van der Waals surface area (Å²) in [4.78, 5) is 37.8. The van der Waals surface area contributed by atoms with Gasteiger partial charge in [-0.2, -0.15) is 0 Å². The molecule has 0 aromatic heterocycles. The Morgan fingerprint density at radius 3 is 1.11 bits per heavy atom. The van der Waals surface area contributed by atoms with E-state index < -0.39 is 6.10 Å². The lowest BCUT2D eigenvalue weighted by Gasteiger charge is -2.18. The maximum absolute atomic E-state index is 12.7. The molecule has 0 aliphatic carbocycles. The van der Waals surface area contributed by atoms with Gasteiger partial charge in [0.15, 0.2) is 6.10 Å². The fourth-order valence-corrected chi connectivity index (χ4v) is 6.69. The fraction of sp³-hybridized carbons (Fsp3) is 0.784. The van der Waals surface area contributed by atoms with Crippen LogP contribution in [0.25, 0.3) is 0 Å². The molecule has 1 unspecified atom stereocenters. The molecule has 0 fully saturated rings. The molecule has 0 heterocycles. The standard InChI is InChI=1S/C51H90O6/c1-4-7-10-13-16-19-22-24-25-26-28-29-32-35-38-41-44-50(53)56-47-48(46-55-49(52)43-40-37-34-31-21-18-15-12-9-6-3)57-51(54)45-42-39-36-33-30-27-23-20-17-14-11-8-5-2/h7,10,16,19,24-25,27,30,48H,4-6,8-9,11-15,17-18,20-23,26,28-29,31-47H2,1-3H3/b10-7-,19-16-,25-24-,30-27-. The van der Waals surface area contributed by atoms with E-state index in [1.165, 1.54) is 103 Å². The molecule has 0 N–H and O–H groups in total. The van der Waals surface area contributed by atoms with E-state index >= 15 is 0 Å². The van der Waals surface area contributed by atoms with Crippen molar-refractivity contribution in [2.75, 3.05) is 13.2 Å². The minimum absolute atomic E-state index is 0.0818. The summed E-state index contributed by atoms with van der Waals surface area (Å²) < 4.78 is 16.7. The van der Waals surface area contributed by atoms with Gasteiger partial charge in [0, 0.05) is 19.3 Å². The third-order valence-corrected chi connectivity index (χ3v) is 10.3. The van der Waals surface area contributed by atoms with Crippen LogP contribution in [0.5, 0.6) is 0 Å². The number of hydrogen-bond acceptors (Lipinski definition) is 6. The highest BCUT2D eigenvalue weighted by atomic mass is 16.6. The van der Waals surface area contributed by atoms with Gasteiger partial charge in [0.05, 0.1) is 0 Å². The van der Waals surface area contributed by atoms with Crippen LogP contribution in [-0.2, 0) is 28.6 Å². The molecule has 0 aromatic carbocycles. The summed E-state index contributed by atoms with van der Waals surface area (Å²) in [5, 5.41) is 0. The molecule has 0 aromatic rings. The molecule has 0 spiro atoms. The van der Waals surface area contributed by atoms with Gasteiger partial charge in [-0.1, -0.05) is 191 Å². The Morgan fingerprint density at radius 2 is 0.684 bits per heavy atom. The van der Waals surface area contributed by atoms with E-state index in [9.17, 15) is 14.4 Å². The first-order valence-corrected chi connectivity index (χ1v) is 24.1. The van der Waals surface area contributed by atoms with Crippen LogP contribution in [-0.4, -0.2) is 37.2 Å². The number of hydrogen-bond donors (Lipinski definition) is 0. The van der Waals surface area contributed by atoms with E-state index in [4.69, 9.17) is 14.2 Å². The summed E-state index contributed by atoms with van der Waals surface area (Å²) in [6.07, 6.45) is 53.8. The van der Waals surface area contributed by atoms with Crippen LogP contribution in [0.2, 0.25) is 0 Å². The molecule has 0 radical (unpaired) electrons. The van der Waals surface area contributed by atoms with Gasteiger partial charge < -0.3 is 14.2 Å². The quantitative estimate of drug-likeness (QED) is 0.0265. The number of unbranched alkanes of at least 4 members (excludes halogenated alkanes) is 24. The van der Waals surface area contributed by atoms with Crippen LogP contribution in [0, 0.1) is 0 Å². The first-order valence-electron chi connectivity index (χ1n) is 24.1. The Kier molecular flexibility index (Phi) is 43.9. The number of allylic oxidation sites excluding steroid dienone is 8. The molecule has 0 saturated carbocycles. The molecule has 0 rings (SSSR count). The van der Waals surface area contributed by atoms with Crippen molar-refractivity contribution in [1.82, 2.24) is 0 Å². The average Bonchev–Trinajstić information content (AvgIpc) is 3.21. The van der Waals surface area contributed by atoms with Gasteiger partial charge in [-0.3, -0.25) is 14.4 Å². The van der Waals surface area contributed by atoms with Crippen molar-refractivity contribution < 1.29 is 28.6 Å². The first kappa shape index (κ1) is 54.4. The predicted octanol–water partition coefficient (Wildman–Crippen LogP) is 15.5. The summed E-state index contributed by atoms with van der Waals surface area (Å²) in [6.45, 7) is 6.48.